The summed E-state index contributed by atoms with van der Waals surface area (Å²) in [6.45, 7) is 9.28. The molecule has 1 saturated carbocycles. The van der Waals surface area contributed by atoms with Gasteiger partial charge in [0.2, 0.25) is 0 Å². The molecule has 1 atom stereocenters. The lowest BCUT2D eigenvalue weighted by Crippen LogP contribution is -2.08. The maximum absolute atomic E-state index is 2.37. The van der Waals surface area contributed by atoms with Gasteiger partial charge in [-0.05, 0) is 43.9 Å². The standard InChI is InChI=1S/C8H16.C8H14/c2*1-7-3-5-8(2)6-4-7/h7-8H,3-6H2,1-2H3;3,8H,4-6H2,1-2H3. The minimum atomic E-state index is 0.943. The first-order valence-electron chi connectivity index (χ1n) is 7.23. The van der Waals surface area contributed by atoms with Crippen molar-refractivity contribution in [3.8, 4) is 0 Å². The van der Waals surface area contributed by atoms with Crippen LogP contribution in [0, 0.1) is 17.8 Å². The molecule has 0 radical (unpaired) electrons. The van der Waals surface area contributed by atoms with E-state index in [1.807, 2.05) is 0 Å². The van der Waals surface area contributed by atoms with Crippen LogP contribution >= 0.6 is 0 Å². The van der Waals surface area contributed by atoms with Crippen LogP contribution in [0.25, 0.3) is 0 Å². The molecule has 0 N–H and O–H groups in total. The quantitative estimate of drug-likeness (QED) is 0.469. The molecule has 2 aliphatic rings. The van der Waals surface area contributed by atoms with Crippen molar-refractivity contribution in [2.75, 3.05) is 0 Å². The molecule has 2 aliphatic carbocycles. The van der Waals surface area contributed by atoms with Crippen LogP contribution in [0.4, 0.5) is 0 Å². The van der Waals surface area contributed by atoms with Gasteiger partial charge in [-0.25, -0.2) is 0 Å². The Balaban J connectivity index is 0.000000160. The summed E-state index contributed by atoms with van der Waals surface area (Å²) in [6.07, 6.45) is 12.3. The largest absolute Gasteiger partial charge is 0.0853 e. The van der Waals surface area contributed by atoms with Gasteiger partial charge in [0.05, 0.1) is 0 Å². The van der Waals surface area contributed by atoms with E-state index in [1.54, 1.807) is 5.57 Å². The van der Waals surface area contributed by atoms with Gasteiger partial charge in [0.15, 0.2) is 0 Å². The van der Waals surface area contributed by atoms with E-state index in [2.05, 4.69) is 33.8 Å². The zero-order chi connectivity index (χ0) is 12.0. The van der Waals surface area contributed by atoms with Crippen molar-refractivity contribution in [3.05, 3.63) is 11.6 Å². The molecule has 1 unspecified atom stereocenters. The first-order valence-corrected chi connectivity index (χ1v) is 7.23. The molecule has 16 heavy (non-hydrogen) atoms. The minimum Gasteiger partial charge on any atom is -0.0853 e. The van der Waals surface area contributed by atoms with Crippen LogP contribution in [0.3, 0.4) is 0 Å². The second-order valence-electron chi connectivity index (χ2n) is 6.30. The second kappa shape index (κ2) is 7.14. The Hall–Kier alpha value is -0.260. The van der Waals surface area contributed by atoms with E-state index >= 15 is 0 Å². The van der Waals surface area contributed by atoms with Crippen LogP contribution in [0.1, 0.15) is 72.6 Å². The Morgan fingerprint density at radius 1 is 0.812 bits per heavy atom. The van der Waals surface area contributed by atoms with Gasteiger partial charge >= 0.3 is 0 Å². The molecular weight excluding hydrogens is 192 g/mol. The number of rotatable bonds is 0. The molecule has 0 spiro atoms. The SMILES string of the molecule is CC1=CCC(C)CC1.CC1CCC(C)CC1. The average Bonchev–Trinajstić information content (AvgIpc) is 2.28. The van der Waals surface area contributed by atoms with Gasteiger partial charge in [0.1, 0.15) is 0 Å². The number of allylic oxidation sites excluding steroid dienone is 2. The lowest BCUT2D eigenvalue weighted by Gasteiger charge is -2.22. The van der Waals surface area contributed by atoms with E-state index in [0.29, 0.717) is 0 Å². The van der Waals surface area contributed by atoms with Crippen molar-refractivity contribution in [1.82, 2.24) is 0 Å². The third-order valence-corrected chi connectivity index (χ3v) is 4.20. The molecule has 0 aliphatic heterocycles. The minimum absolute atomic E-state index is 0.943. The summed E-state index contributed by atoms with van der Waals surface area (Å²) < 4.78 is 0. The second-order valence-corrected chi connectivity index (χ2v) is 6.30. The smallest absolute Gasteiger partial charge is 0.0320 e. The third kappa shape index (κ3) is 5.72. The predicted octanol–water partition coefficient (Wildman–Crippen LogP) is 5.59. The molecular formula is C16H30. The highest BCUT2D eigenvalue weighted by Gasteiger charge is 2.13. The molecule has 2 rings (SSSR count). The van der Waals surface area contributed by atoms with Gasteiger partial charge in [0, 0.05) is 0 Å². The van der Waals surface area contributed by atoms with Gasteiger partial charge in [-0.15, -0.1) is 0 Å². The Morgan fingerprint density at radius 3 is 1.62 bits per heavy atom. The Bertz CT molecular complexity index is 196. The van der Waals surface area contributed by atoms with E-state index in [-0.39, 0.29) is 0 Å². The molecule has 0 bridgehead atoms. The summed E-state index contributed by atoms with van der Waals surface area (Å²) in [5, 5.41) is 0. The van der Waals surface area contributed by atoms with Crippen molar-refractivity contribution >= 4 is 0 Å². The molecule has 0 heteroatoms. The fourth-order valence-corrected chi connectivity index (χ4v) is 2.52. The van der Waals surface area contributed by atoms with Gasteiger partial charge in [-0.3, -0.25) is 0 Å². The molecule has 0 heterocycles. The topological polar surface area (TPSA) is 0 Å². The summed E-state index contributed by atoms with van der Waals surface area (Å²) in [7, 11) is 0. The van der Waals surface area contributed by atoms with Gasteiger partial charge in [0.25, 0.3) is 0 Å². The molecule has 94 valence electrons. The highest BCUT2D eigenvalue weighted by molar-refractivity contribution is 5.01. The summed E-state index contributed by atoms with van der Waals surface area (Å²) in [5.74, 6) is 2.98. The van der Waals surface area contributed by atoms with Crippen molar-refractivity contribution in [1.29, 1.82) is 0 Å². The fraction of sp³-hybridized carbons (Fsp3) is 0.875. The molecule has 0 nitrogen and oxygen atoms in total. The molecule has 0 aromatic carbocycles. The number of hydrogen-bond donors (Lipinski definition) is 0. The van der Waals surface area contributed by atoms with Crippen LogP contribution < -0.4 is 0 Å². The Kier molecular flexibility index (Phi) is 6.16. The zero-order valence-electron chi connectivity index (χ0n) is 11.8. The first-order chi connectivity index (χ1) is 7.58. The molecule has 1 fully saturated rings. The number of hydrogen-bond acceptors (Lipinski definition) is 0. The fourth-order valence-electron chi connectivity index (χ4n) is 2.52. The lowest BCUT2D eigenvalue weighted by atomic mass is 9.84. The van der Waals surface area contributed by atoms with E-state index in [1.165, 1.54) is 44.9 Å². The van der Waals surface area contributed by atoms with Crippen LogP contribution in [0.5, 0.6) is 0 Å². The van der Waals surface area contributed by atoms with Crippen LogP contribution in [0.15, 0.2) is 11.6 Å². The van der Waals surface area contributed by atoms with E-state index in [9.17, 15) is 0 Å². The average molecular weight is 222 g/mol. The first kappa shape index (κ1) is 13.8. The van der Waals surface area contributed by atoms with Crippen molar-refractivity contribution in [3.63, 3.8) is 0 Å². The Morgan fingerprint density at radius 2 is 1.31 bits per heavy atom. The van der Waals surface area contributed by atoms with E-state index < -0.39 is 0 Å². The van der Waals surface area contributed by atoms with Gasteiger partial charge in [-0.2, -0.15) is 0 Å². The van der Waals surface area contributed by atoms with Crippen LogP contribution in [-0.4, -0.2) is 0 Å². The molecule has 0 aromatic rings. The molecule has 0 amide bonds. The lowest BCUT2D eigenvalue weighted by molar-refractivity contribution is 0.308. The Labute approximate surface area is 103 Å². The molecule has 0 saturated heterocycles. The summed E-state index contributed by atoms with van der Waals surface area (Å²) in [4.78, 5) is 0. The van der Waals surface area contributed by atoms with E-state index in [4.69, 9.17) is 0 Å². The normalized spacial score (nSPS) is 34.8. The zero-order valence-corrected chi connectivity index (χ0v) is 11.8. The van der Waals surface area contributed by atoms with Crippen molar-refractivity contribution in [2.24, 2.45) is 17.8 Å². The third-order valence-electron chi connectivity index (χ3n) is 4.20. The highest BCUT2D eigenvalue weighted by atomic mass is 14.2. The summed E-state index contributed by atoms with van der Waals surface area (Å²) in [5.41, 5.74) is 1.59. The molecule has 0 aromatic heterocycles. The highest BCUT2D eigenvalue weighted by Crippen LogP contribution is 2.27. The maximum Gasteiger partial charge on any atom is -0.0320 e. The summed E-state index contributed by atoms with van der Waals surface area (Å²) >= 11 is 0. The summed E-state index contributed by atoms with van der Waals surface area (Å²) in [6, 6.07) is 0. The van der Waals surface area contributed by atoms with Crippen LogP contribution in [0.2, 0.25) is 0 Å². The van der Waals surface area contributed by atoms with Crippen molar-refractivity contribution in [2.45, 2.75) is 72.6 Å². The van der Waals surface area contributed by atoms with Crippen LogP contribution in [-0.2, 0) is 0 Å². The van der Waals surface area contributed by atoms with Gasteiger partial charge in [-0.1, -0.05) is 58.1 Å². The predicted molar refractivity (Wildman–Crippen MR) is 73.6 cm³/mol. The van der Waals surface area contributed by atoms with E-state index in [0.717, 1.165) is 17.8 Å². The van der Waals surface area contributed by atoms with Crippen molar-refractivity contribution < 1.29 is 0 Å². The maximum atomic E-state index is 2.37. The monoisotopic (exact) mass is 222 g/mol. The van der Waals surface area contributed by atoms with Gasteiger partial charge < -0.3 is 0 Å².